The molecule has 0 saturated heterocycles. The number of nitrogens with zero attached hydrogens (tertiary/aromatic N) is 1. The normalized spacial score (nSPS) is 23.0. The molecule has 0 radical (unpaired) electrons. The van der Waals surface area contributed by atoms with Gasteiger partial charge in [0.1, 0.15) is 27.0 Å². The van der Waals surface area contributed by atoms with Crippen LogP contribution in [0.15, 0.2) is 14.5 Å². The van der Waals surface area contributed by atoms with Gasteiger partial charge in [-0.15, -0.1) is 0 Å². The summed E-state index contributed by atoms with van der Waals surface area (Å²) in [5, 5.41) is 0. The highest BCUT2D eigenvalue weighted by Gasteiger charge is 2.22. The molecule has 0 unspecified atom stereocenters. The van der Waals surface area contributed by atoms with Gasteiger partial charge in [0.2, 0.25) is 0 Å². The van der Waals surface area contributed by atoms with Gasteiger partial charge in [-0.1, -0.05) is 0 Å². The Kier molecular flexibility index (Phi) is 1.42. The van der Waals surface area contributed by atoms with Gasteiger partial charge in [0.15, 0.2) is 0 Å². The first kappa shape index (κ1) is 6.23. The summed E-state index contributed by atoms with van der Waals surface area (Å²) in [5.41, 5.74) is 6.76. The fraction of sp³-hybridized carbons (Fsp3) is 0.250. The van der Waals surface area contributed by atoms with E-state index in [0.29, 0.717) is 12.2 Å². The molecule has 10 heavy (non-hydrogen) atoms. The molecule has 0 saturated carbocycles. The molecule has 0 aliphatic carbocycles. The third-order valence-electron chi connectivity index (χ3n) is 1.25. The Balaban J connectivity index is 2.36. The first-order valence-corrected chi connectivity index (χ1v) is 4.79. The van der Waals surface area contributed by atoms with Crippen molar-refractivity contribution in [2.45, 2.75) is 0 Å². The van der Waals surface area contributed by atoms with Crippen molar-refractivity contribution in [2.24, 2.45) is 3.15 Å². The summed E-state index contributed by atoms with van der Waals surface area (Å²) in [5.74, 6) is -0.0952. The standard InChI is InChI=1S/C4H5IN4O/c10-4-3-2(1-6-9-4)7-5-8-3/h6H,1H2,(H,7,8)(H,9,10). The van der Waals surface area contributed by atoms with E-state index in [-0.39, 0.29) is 27.2 Å². The van der Waals surface area contributed by atoms with E-state index in [0.717, 1.165) is 5.70 Å². The smallest absolute Gasteiger partial charge is 0.284 e. The number of hydrogen-bond donors (Lipinski definition) is 3. The van der Waals surface area contributed by atoms with Crippen molar-refractivity contribution in [1.29, 1.82) is 0 Å². The van der Waals surface area contributed by atoms with Crippen LogP contribution in [0.3, 0.4) is 0 Å². The van der Waals surface area contributed by atoms with Crippen molar-refractivity contribution in [1.82, 2.24) is 14.4 Å². The maximum atomic E-state index is 10.9. The van der Waals surface area contributed by atoms with Crippen LogP contribution >= 0.6 is 21.3 Å². The Morgan fingerprint density at radius 3 is 3.30 bits per heavy atom. The average molecular weight is 252 g/mol. The summed E-state index contributed by atoms with van der Waals surface area (Å²) in [7, 11) is 0. The molecule has 2 aliphatic heterocycles. The number of nitrogens with one attached hydrogen (secondary N) is 3. The lowest BCUT2D eigenvalue weighted by molar-refractivity contribution is -0.119. The molecule has 1 amide bonds. The fourth-order valence-corrected chi connectivity index (χ4v) is 2.40. The molecule has 0 aromatic heterocycles. The Morgan fingerprint density at radius 2 is 2.50 bits per heavy atom. The van der Waals surface area contributed by atoms with Crippen molar-refractivity contribution < 1.29 is 4.79 Å². The molecule has 0 aromatic carbocycles. The van der Waals surface area contributed by atoms with Gasteiger partial charge >= 0.3 is 0 Å². The predicted molar refractivity (Wildman–Crippen MR) is 42.8 cm³/mol. The first-order chi connectivity index (χ1) is 4.88. The zero-order chi connectivity index (χ0) is 6.97. The summed E-state index contributed by atoms with van der Waals surface area (Å²) < 4.78 is 7.14. The lowest BCUT2D eigenvalue weighted by Crippen LogP contribution is -2.45. The van der Waals surface area contributed by atoms with E-state index >= 15 is 0 Å². The molecule has 0 aromatic rings. The molecule has 2 aliphatic rings. The van der Waals surface area contributed by atoms with Gasteiger partial charge < -0.3 is 3.53 Å². The first-order valence-electron chi connectivity index (χ1n) is 2.74. The largest absolute Gasteiger partial charge is 0.313 e. The van der Waals surface area contributed by atoms with E-state index in [1.165, 1.54) is 0 Å². The van der Waals surface area contributed by atoms with Gasteiger partial charge in [-0.2, -0.15) is 0 Å². The second-order valence-electron chi connectivity index (χ2n) is 1.89. The lowest BCUT2D eigenvalue weighted by atomic mass is 10.3. The van der Waals surface area contributed by atoms with Crippen LogP contribution in [-0.4, -0.2) is 12.5 Å². The maximum Gasteiger partial charge on any atom is 0.284 e. The summed E-state index contributed by atoms with van der Waals surface area (Å²) in [6.07, 6.45) is 0. The summed E-state index contributed by atoms with van der Waals surface area (Å²) in [4.78, 5) is 10.9. The lowest BCUT2D eigenvalue weighted by Gasteiger charge is -2.13. The highest BCUT2D eigenvalue weighted by atomic mass is 127. The van der Waals surface area contributed by atoms with E-state index in [1.54, 1.807) is 0 Å². The minimum Gasteiger partial charge on any atom is -0.313 e. The Hall–Kier alpha value is -0.500. The molecule has 2 rings (SSSR count). The highest BCUT2D eigenvalue weighted by molar-refractivity contribution is 14.1. The van der Waals surface area contributed by atoms with Crippen LogP contribution in [0.4, 0.5) is 0 Å². The number of hydrazine groups is 1. The SMILES string of the molecule is O=C1NNCC2=C1NI=N2. The molecular formula is C4H5IN4O. The van der Waals surface area contributed by atoms with E-state index in [2.05, 4.69) is 17.5 Å². The molecule has 5 nitrogen and oxygen atoms in total. The molecule has 0 bridgehead atoms. The molecular weight excluding hydrogens is 247 g/mol. The molecule has 6 heteroatoms. The van der Waals surface area contributed by atoms with Crippen molar-refractivity contribution in [3.05, 3.63) is 11.4 Å². The number of carbonyl (C=O) groups is 1. The van der Waals surface area contributed by atoms with Crippen molar-refractivity contribution >= 4 is 27.2 Å². The number of amides is 1. The second-order valence-corrected chi connectivity index (χ2v) is 3.40. The van der Waals surface area contributed by atoms with Crippen LogP contribution in [0, 0.1) is 0 Å². The van der Waals surface area contributed by atoms with Crippen LogP contribution in [-0.2, 0) is 4.79 Å². The minimum atomic E-state index is -0.338. The van der Waals surface area contributed by atoms with Crippen LogP contribution < -0.4 is 14.4 Å². The second kappa shape index (κ2) is 2.27. The number of carbonyl (C=O) groups excluding carboxylic acids is 1. The monoisotopic (exact) mass is 252 g/mol. The van der Waals surface area contributed by atoms with E-state index in [1.807, 2.05) is 0 Å². The highest BCUT2D eigenvalue weighted by Crippen LogP contribution is 2.19. The topological polar surface area (TPSA) is 65.5 Å². The Bertz CT molecular complexity index is 246. The molecule has 0 atom stereocenters. The number of hydrogen-bond acceptors (Lipinski definition) is 4. The minimum absolute atomic E-state index is 0.0952. The fourth-order valence-electron chi connectivity index (χ4n) is 0.774. The van der Waals surface area contributed by atoms with Gasteiger partial charge in [-0.05, 0) is 0 Å². The summed E-state index contributed by atoms with van der Waals surface area (Å²) in [6.45, 7) is 0.647. The Morgan fingerprint density at radius 1 is 1.60 bits per heavy atom. The third kappa shape index (κ3) is 0.833. The number of rotatable bonds is 0. The van der Waals surface area contributed by atoms with E-state index in [4.69, 9.17) is 0 Å². The van der Waals surface area contributed by atoms with E-state index < -0.39 is 0 Å². The van der Waals surface area contributed by atoms with Gasteiger partial charge in [-0.3, -0.25) is 10.2 Å². The molecule has 0 spiro atoms. The summed E-state index contributed by atoms with van der Waals surface area (Å²) in [6, 6.07) is 0. The third-order valence-corrected chi connectivity index (χ3v) is 2.86. The summed E-state index contributed by atoms with van der Waals surface area (Å²) >= 11 is -0.338. The average Bonchev–Trinajstić information content (AvgIpc) is 2.36. The zero-order valence-electron chi connectivity index (χ0n) is 4.94. The zero-order valence-corrected chi connectivity index (χ0v) is 7.10. The molecule has 0 fully saturated rings. The van der Waals surface area contributed by atoms with Gasteiger partial charge in [0, 0.05) is 0 Å². The van der Waals surface area contributed by atoms with Gasteiger partial charge in [0.25, 0.3) is 5.91 Å². The quantitative estimate of drug-likeness (QED) is 0.402. The molecule has 3 N–H and O–H groups in total. The van der Waals surface area contributed by atoms with E-state index in [9.17, 15) is 4.79 Å². The van der Waals surface area contributed by atoms with Crippen LogP contribution in [0.5, 0.6) is 0 Å². The van der Waals surface area contributed by atoms with Crippen molar-refractivity contribution in [3.63, 3.8) is 0 Å². The van der Waals surface area contributed by atoms with Crippen LogP contribution in [0.1, 0.15) is 0 Å². The van der Waals surface area contributed by atoms with Crippen LogP contribution in [0.25, 0.3) is 0 Å². The van der Waals surface area contributed by atoms with Crippen molar-refractivity contribution in [3.8, 4) is 0 Å². The van der Waals surface area contributed by atoms with Crippen LogP contribution in [0.2, 0.25) is 0 Å². The van der Waals surface area contributed by atoms with Gasteiger partial charge in [-0.25, -0.2) is 8.57 Å². The maximum absolute atomic E-state index is 10.9. The Labute approximate surface area is 67.7 Å². The van der Waals surface area contributed by atoms with Crippen molar-refractivity contribution in [2.75, 3.05) is 6.54 Å². The molecule has 54 valence electrons. The molecule has 2 heterocycles. The van der Waals surface area contributed by atoms with Gasteiger partial charge in [0.05, 0.1) is 12.2 Å². The predicted octanol–water partition coefficient (Wildman–Crippen LogP) is -0.495. The number of halogens is 1.